The van der Waals surface area contributed by atoms with Gasteiger partial charge in [-0.05, 0) is 82.4 Å². The quantitative estimate of drug-likeness (QED) is 0.274. The molecular formula is C18H36NPS. The van der Waals surface area contributed by atoms with E-state index in [0.717, 1.165) is 5.66 Å². The van der Waals surface area contributed by atoms with E-state index in [4.69, 9.17) is 0 Å². The minimum atomic E-state index is 0.169. The van der Waals surface area contributed by atoms with Crippen molar-refractivity contribution in [2.75, 3.05) is 32.1 Å². The highest BCUT2D eigenvalue weighted by Gasteiger charge is 2.23. The SMILES string of the molecule is C=C(CCCSP(C)C(C)C)C(C)(C)CCN1CCCC1. The van der Waals surface area contributed by atoms with Gasteiger partial charge in [-0.25, -0.2) is 0 Å². The van der Waals surface area contributed by atoms with Crippen molar-refractivity contribution in [3.8, 4) is 0 Å². The summed E-state index contributed by atoms with van der Waals surface area (Å²) in [5, 5.41) is 0. The van der Waals surface area contributed by atoms with Crippen LogP contribution in [0, 0.1) is 5.41 Å². The van der Waals surface area contributed by atoms with Crippen molar-refractivity contribution in [1.29, 1.82) is 0 Å². The molecule has 0 aromatic rings. The molecule has 3 heteroatoms. The third-order valence-electron chi connectivity index (χ3n) is 4.85. The summed E-state index contributed by atoms with van der Waals surface area (Å²) >= 11 is 2.19. The number of likely N-dealkylation sites (tertiary alicyclic amines) is 1. The van der Waals surface area contributed by atoms with Crippen molar-refractivity contribution in [2.45, 2.75) is 65.5 Å². The summed E-state index contributed by atoms with van der Waals surface area (Å²) in [6.07, 6.45) is 6.58. The molecule has 1 nitrogen and oxygen atoms in total. The van der Waals surface area contributed by atoms with Gasteiger partial charge in [0.2, 0.25) is 0 Å². The molecule has 0 aromatic heterocycles. The molecular weight excluding hydrogens is 293 g/mol. The molecule has 1 atom stereocenters. The van der Waals surface area contributed by atoms with Gasteiger partial charge in [-0.1, -0.05) is 39.8 Å². The molecule has 1 aliphatic heterocycles. The van der Waals surface area contributed by atoms with Gasteiger partial charge in [-0.3, -0.25) is 0 Å². The van der Waals surface area contributed by atoms with Crippen LogP contribution in [0.3, 0.4) is 0 Å². The van der Waals surface area contributed by atoms with E-state index < -0.39 is 0 Å². The van der Waals surface area contributed by atoms with Crippen molar-refractivity contribution in [2.24, 2.45) is 5.41 Å². The van der Waals surface area contributed by atoms with Crippen LogP contribution in [0.25, 0.3) is 0 Å². The highest BCUT2D eigenvalue weighted by molar-refractivity contribution is 8.55. The Balaban J connectivity index is 2.19. The second kappa shape index (κ2) is 9.58. The fraction of sp³-hybridized carbons (Fsp3) is 0.889. The van der Waals surface area contributed by atoms with E-state index in [9.17, 15) is 0 Å². The first-order chi connectivity index (χ1) is 9.83. The Morgan fingerprint density at radius 3 is 2.48 bits per heavy atom. The Labute approximate surface area is 138 Å². The summed E-state index contributed by atoms with van der Waals surface area (Å²) in [7, 11) is 0.169. The zero-order valence-electron chi connectivity index (χ0n) is 15.0. The van der Waals surface area contributed by atoms with E-state index >= 15 is 0 Å². The standard InChI is InChI=1S/C18H36NPS/c1-16(2)20(6)21-15-9-10-17(3)18(4,5)11-14-19-12-7-8-13-19/h16H,3,7-15H2,1-2,4-6H3. The Morgan fingerprint density at radius 1 is 1.29 bits per heavy atom. The lowest BCUT2D eigenvalue weighted by molar-refractivity contribution is 0.273. The van der Waals surface area contributed by atoms with Crippen LogP contribution in [0.1, 0.15) is 59.8 Å². The smallest absolute Gasteiger partial charge is 0.00106 e. The first kappa shape index (κ1) is 19.5. The van der Waals surface area contributed by atoms with Gasteiger partial charge in [-0.15, -0.1) is 11.4 Å². The maximum Gasteiger partial charge on any atom is -0.00106 e. The van der Waals surface area contributed by atoms with Gasteiger partial charge >= 0.3 is 0 Å². The summed E-state index contributed by atoms with van der Waals surface area (Å²) in [6.45, 7) is 20.2. The van der Waals surface area contributed by atoms with E-state index in [2.05, 4.69) is 57.2 Å². The van der Waals surface area contributed by atoms with Crippen LogP contribution in [0.2, 0.25) is 0 Å². The lowest BCUT2D eigenvalue weighted by atomic mass is 9.80. The fourth-order valence-electron chi connectivity index (χ4n) is 2.60. The summed E-state index contributed by atoms with van der Waals surface area (Å²) < 4.78 is 0. The van der Waals surface area contributed by atoms with Crippen molar-refractivity contribution in [1.82, 2.24) is 4.90 Å². The van der Waals surface area contributed by atoms with Crippen molar-refractivity contribution >= 4 is 18.5 Å². The van der Waals surface area contributed by atoms with Crippen molar-refractivity contribution in [3.63, 3.8) is 0 Å². The largest absolute Gasteiger partial charge is 0.303 e. The van der Waals surface area contributed by atoms with Gasteiger partial charge in [0.15, 0.2) is 0 Å². The lowest BCUT2D eigenvalue weighted by Crippen LogP contribution is -2.26. The van der Waals surface area contributed by atoms with E-state index in [-0.39, 0.29) is 7.12 Å². The third-order valence-corrected chi connectivity index (χ3v) is 10.2. The average Bonchev–Trinajstić information content (AvgIpc) is 2.94. The molecule has 1 rings (SSSR count). The van der Waals surface area contributed by atoms with Crippen molar-refractivity contribution < 1.29 is 0 Å². The lowest BCUT2D eigenvalue weighted by Gasteiger charge is -2.30. The Morgan fingerprint density at radius 2 is 1.90 bits per heavy atom. The van der Waals surface area contributed by atoms with Crippen LogP contribution >= 0.6 is 18.5 Å². The molecule has 124 valence electrons. The van der Waals surface area contributed by atoms with Crippen LogP contribution in [0.5, 0.6) is 0 Å². The summed E-state index contributed by atoms with van der Waals surface area (Å²) in [5.74, 6) is 1.31. The molecule has 0 bridgehead atoms. The predicted molar refractivity (Wildman–Crippen MR) is 103 cm³/mol. The Bertz CT molecular complexity index is 308. The average molecular weight is 330 g/mol. The number of hydrogen-bond donors (Lipinski definition) is 0. The molecule has 0 radical (unpaired) electrons. The summed E-state index contributed by atoms with van der Waals surface area (Å²) in [6, 6.07) is 0. The van der Waals surface area contributed by atoms with Gasteiger partial charge in [0.1, 0.15) is 0 Å². The maximum atomic E-state index is 4.40. The normalized spacial score (nSPS) is 18.4. The molecule has 0 N–H and O–H groups in total. The van der Waals surface area contributed by atoms with E-state index in [1.807, 2.05) is 0 Å². The van der Waals surface area contributed by atoms with E-state index in [1.165, 1.54) is 63.1 Å². The first-order valence-corrected chi connectivity index (χ1v) is 12.0. The predicted octanol–water partition coefficient (Wildman–Crippen LogP) is 6.00. The van der Waals surface area contributed by atoms with Gasteiger partial charge in [0.05, 0.1) is 0 Å². The van der Waals surface area contributed by atoms with Crippen LogP contribution in [0.15, 0.2) is 12.2 Å². The third kappa shape index (κ3) is 7.53. The van der Waals surface area contributed by atoms with Gasteiger partial charge < -0.3 is 4.90 Å². The fourth-order valence-corrected chi connectivity index (χ4v) is 5.61. The molecule has 0 amide bonds. The van der Waals surface area contributed by atoms with Crippen LogP contribution in [0.4, 0.5) is 0 Å². The molecule has 0 aliphatic carbocycles. The number of nitrogens with zero attached hydrogens (tertiary/aromatic N) is 1. The number of rotatable bonds is 10. The van der Waals surface area contributed by atoms with Crippen LogP contribution in [-0.4, -0.2) is 42.6 Å². The minimum absolute atomic E-state index is 0.169. The molecule has 0 aromatic carbocycles. The maximum absolute atomic E-state index is 4.40. The van der Waals surface area contributed by atoms with Gasteiger partial charge in [0.25, 0.3) is 0 Å². The highest BCUT2D eigenvalue weighted by atomic mass is 32.7. The molecule has 21 heavy (non-hydrogen) atoms. The monoisotopic (exact) mass is 329 g/mol. The number of hydrogen-bond acceptors (Lipinski definition) is 2. The highest BCUT2D eigenvalue weighted by Crippen LogP contribution is 2.50. The number of allylic oxidation sites excluding steroid dienone is 1. The summed E-state index contributed by atoms with van der Waals surface area (Å²) in [4.78, 5) is 2.62. The van der Waals surface area contributed by atoms with Crippen LogP contribution < -0.4 is 0 Å². The molecule has 1 aliphatic rings. The van der Waals surface area contributed by atoms with Gasteiger partial charge in [0, 0.05) is 0 Å². The second-order valence-electron chi connectivity index (χ2n) is 7.36. The zero-order chi connectivity index (χ0) is 15.9. The minimum Gasteiger partial charge on any atom is -0.303 e. The second-order valence-corrected chi connectivity index (χ2v) is 12.7. The molecule has 1 fully saturated rings. The van der Waals surface area contributed by atoms with E-state index in [0.29, 0.717) is 5.41 Å². The Hall–Kier alpha value is 0.480. The molecule has 1 unspecified atom stereocenters. The molecule has 0 saturated carbocycles. The Kier molecular flexibility index (Phi) is 8.91. The molecule has 0 spiro atoms. The summed E-state index contributed by atoms with van der Waals surface area (Å²) in [5.41, 5.74) is 2.62. The topological polar surface area (TPSA) is 3.24 Å². The van der Waals surface area contributed by atoms with Gasteiger partial charge in [-0.2, -0.15) is 0 Å². The van der Waals surface area contributed by atoms with E-state index in [1.54, 1.807) is 0 Å². The van der Waals surface area contributed by atoms with Crippen LogP contribution in [-0.2, 0) is 0 Å². The first-order valence-electron chi connectivity index (χ1n) is 8.59. The zero-order valence-corrected chi connectivity index (χ0v) is 16.7. The van der Waals surface area contributed by atoms with Crippen molar-refractivity contribution in [3.05, 3.63) is 12.2 Å². The molecule has 1 saturated heterocycles. The molecule has 1 heterocycles.